The minimum Gasteiger partial charge on any atom is -0.478 e. The summed E-state index contributed by atoms with van der Waals surface area (Å²) in [7, 11) is 0. The first-order chi connectivity index (χ1) is 10.0. The summed E-state index contributed by atoms with van der Waals surface area (Å²) in [6.45, 7) is 4.23. The highest BCUT2D eigenvalue weighted by Gasteiger charge is 2.08. The van der Waals surface area contributed by atoms with Crippen molar-refractivity contribution in [2.24, 2.45) is 0 Å². The van der Waals surface area contributed by atoms with E-state index in [0.29, 0.717) is 17.9 Å². The summed E-state index contributed by atoms with van der Waals surface area (Å²) in [6, 6.07) is 10.6. The number of carboxylic acid groups (broad SMARTS) is 1. The molecule has 2 aromatic rings. The zero-order valence-electron chi connectivity index (χ0n) is 11.8. The van der Waals surface area contributed by atoms with E-state index in [9.17, 15) is 10.1 Å². The van der Waals surface area contributed by atoms with Crippen molar-refractivity contribution in [1.82, 2.24) is 4.98 Å². The predicted molar refractivity (Wildman–Crippen MR) is 79.2 cm³/mol. The van der Waals surface area contributed by atoms with Gasteiger partial charge in [-0.25, -0.2) is 9.78 Å². The van der Waals surface area contributed by atoms with Crippen molar-refractivity contribution in [3.63, 3.8) is 0 Å². The Hall–Kier alpha value is -2.87. The second-order valence-corrected chi connectivity index (χ2v) is 4.77. The number of nitrogens with one attached hydrogen (secondary N) is 1. The van der Waals surface area contributed by atoms with Crippen molar-refractivity contribution in [1.29, 1.82) is 5.26 Å². The van der Waals surface area contributed by atoms with Gasteiger partial charge in [-0.2, -0.15) is 5.26 Å². The fraction of sp³-hybridized carbons (Fsp3) is 0.188. The van der Waals surface area contributed by atoms with Gasteiger partial charge < -0.3 is 10.4 Å². The van der Waals surface area contributed by atoms with Gasteiger partial charge in [-0.05, 0) is 43.2 Å². The molecule has 106 valence electrons. The highest BCUT2D eigenvalue weighted by atomic mass is 16.4. The van der Waals surface area contributed by atoms with Gasteiger partial charge in [0.1, 0.15) is 11.9 Å². The molecule has 21 heavy (non-hydrogen) atoms. The van der Waals surface area contributed by atoms with Gasteiger partial charge in [-0.15, -0.1) is 0 Å². The van der Waals surface area contributed by atoms with Gasteiger partial charge in [-0.1, -0.05) is 12.1 Å². The van der Waals surface area contributed by atoms with E-state index in [1.165, 1.54) is 0 Å². The number of aromatic carboxylic acids is 1. The average Bonchev–Trinajstić information content (AvgIpc) is 2.45. The molecule has 0 atom stereocenters. The van der Waals surface area contributed by atoms with Crippen molar-refractivity contribution in [3.05, 3.63) is 58.3 Å². The molecule has 0 aliphatic carbocycles. The van der Waals surface area contributed by atoms with Crippen LogP contribution in [0.2, 0.25) is 0 Å². The Morgan fingerprint density at radius 2 is 2.00 bits per heavy atom. The Morgan fingerprint density at radius 3 is 2.57 bits per heavy atom. The average molecular weight is 281 g/mol. The van der Waals surface area contributed by atoms with E-state index in [1.54, 1.807) is 24.3 Å². The molecule has 0 saturated heterocycles. The number of carboxylic acids is 1. The number of benzene rings is 1. The molecule has 1 heterocycles. The molecule has 0 aliphatic heterocycles. The highest BCUT2D eigenvalue weighted by molar-refractivity contribution is 5.87. The number of aromatic nitrogens is 1. The van der Waals surface area contributed by atoms with Gasteiger partial charge in [0.15, 0.2) is 0 Å². The SMILES string of the molecule is Cc1cc(C)c(C#N)c(NCc2ccc(C(=O)O)cc2)n1. The van der Waals surface area contributed by atoms with Gasteiger partial charge in [0.05, 0.1) is 11.1 Å². The lowest BCUT2D eigenvalue weighted by molar-refractivity contribution is 0.0697. The minimum absolute atomic E-state index is 0.251. The molecule has 2 N–H and O–H groups in total. The summed E-state index contributed by atoms with van der Waals surface area (Å²) >= 11 is 0. The monoisotopic (exact) mass is 281 g/mol. The van der Waals surface area contributed by atoms with Crippen LogP contribution in [0.3, 0.4) is 0 Å². The predicted octanol–water partition coefficient (Wildman–Crippen LogP) is 2.88. The van der Waals surface area contributed by atoms with Gasteiger partial charge in [0, 0.05) is 12.2 Å². The molecule has 0 radical (unpaired) electrons. The van der Waals surface area contributed by atoms with Gasteiger partial charge in [0.25, 0.3) is 0 Å². The molecule has 0 spiro atoms. The van der Waals surface area contributed by atoms with Gasteiger partial charge in [0.2, 0.25) is 0 Å². The molecule has 1 aromatic heterocycles. The van der Waals surface area contributed by atoms with E-state index >= 15 is 0 Å². The summed E-state index contributed by atoms with van der Waals surface area (Å²) in [5.74, 6) is -0.394. The van der Waals surface area contributed by atoms with E-state index < -0.39 is 5.97 Å². The lowest BCUT2D eigenvalue weighted by atomic mass is 10.1. The standard InChI is InChI=1S/C16H15N3O2/c1-10-7-11(2)19-15(14(10)8-17)18-9-12-3-5-13(6-4-12)16(20)21/h3-7H,9H2,1-2H3,(H,18,19)(H,20,21). The number of aryl methyl sites for hydroxylation is 2. The van der Waals surface area contributed by atoms with Crippen molar-refractivity contribution < 1.29 is 9.90 Å². The lowest BCUT2D eigenvalue weighted by Gasteiger charge is -2.10. The molecule has 5 heteroatoms. The molecule has 0 unspecified atom stereocenters. The van der Waals surface area contributed by atoms with E-state index in [1.807, 2.05) is 19.9 Å². The third-order valence-electron chi connectivity index (χ3n) is 3.12. The summed E-state index contributed by atoms with van der Waals surface area (Å²) in [5.41, 5.74) is 3.43. The number of anilines is 1. The summed E-state index contributed by atoms with van der Waals surface area (Å²) in [6.07, 6.45) is 0. The molecule has 1 aromatic carbocycles. The number of nitriles is 1. The third-order valence-corrected chi connectivity index (χ3v) is 3.12. The van der Waals surface area contributed by atoms with E-state index in [4.69, 9.17) is 5.11 Å². The summed E-state index contributed by atoms with van der Waals surface area (Å²) in [4.78, 5) is 15.1. The molecule has 2 rings (SSSR count). The van der Waals surface area contributed by atoms with Crippen molar-refractivity contribution in [3.8, 4) is 6.07 Å². The Kier molecular flexibility index (Phi) is 4.19. The topological polar surface area (TPSA) is 86.0 Å². The maximum absolute atomic E-state index is 10.8. The van der Waals surface area contributed by atoms with Crippen molar-refractivity contribution in [2.45, 2.75) is 20.4 Å². The zero-order valence-corrected chi connectivity index (χ0v) is 11.8. The molecule has 0 saturated carbocycles. The first kappa shape index (κ1) is 14.5. The number of hydrogen-bond donors (Lipinski definition) is 2. The normalized spacial score (nSPS) is 9.95. The van der Waals surface area contributed by atoms with Crippen molar-refractivity contribution in [2.75, 3.05) is 5.32 Å². The molecule has 0 amide bonds. The zero-order chi connectivity index (χ0) is 15.4. The molecule has 5 nitrogen and oxygen atoms in total. The van der Waals surface area contributed by atoms with Crippen LogP contribution in [0.5, 0.6) is 0 Å². The largest absolute Gasteiger partial charge is 0.478 e. The van der Waals surface area contributed by atoms with E-state index in [-0.39, 0.29) is 5.56 Å². The van der Waals surface area contributed by atoms with Crippen LogP contribution >= 0.6 is 0 Å². The molecule has 0 fully saturated rings. The highest BCUT2D eigenvalue weighted by Crippen LogP contribution is 2.18. The van der Waals surface area contributed by atoms with Gasteiger partial charge >= 0.3 is 5.97 Å². The molecular weight excluding hydrogens is 266 g/mol. The number of nitrogens with zero attached hydrogens (tertiary/aromatic N) is 2. The fourth-order valence-corrected chi connectivity index (χ4v) is 2.06. The van der Waals surface area contributed by atoms with Crippen LogP contribution in [-0.4, -0.2) is 16.1 Å². The molecular formula is C16H15N3O2. The van der Waals surface area contributed by atoms with Crippen LogP contribution in [0, 0.1) is 25.2 Å². The van der Waals surface area contributed by atoms with Crippen LogP contribution < -0.4 is 5.32 Å². The molecule has 0 aliphatic rings. The minimum atomic E-state index is -0.947. The maximum atomic E-state index is 10.8. The number of hydrogen-bond acceptors (Lipinski definition) is 4. The second-order valence-electron chi connectivity index (χ2n) is 4.77. The van der Waals surface area contributed by atoms with Crippen LogP contribution in [0.25, 0.3) is 0 Å². The fourth-order valence-electron chi connectivity index (χ4n) is 2.06. The first-order valence-electron chi connectivity index (χ1n) is 6.45. The van der Waals surface area contributed by atoms with Crippen LogP contribution in [0.4, 0.5) is 5.82 Å². The maximum Gasteiger partial charge on any atom is 0.335 e. The molecule has 0 bridgehead atoms. The Labute approximate surface area is 122 Å². The first-order valence-corrected chi connectivity index (χ1v) is 6.45. The quantitative estimate of drug-likeness (QED) is 0.900. The Morgan fingerprint density at radius 1 is 1.33 bits per heavy atom. The van der Waals surface area contributed by atoms with Crippen molar-refractivity contribution >= 4 is 11.8 Å². The number of rotatable bonds is 4. The Balaban J connectivity index is 2.17. The van der Waals surface area contributed by atoms with Crippen LogP contribution in [0.1, 0.15) is 32.7 Å². The van der Waals surface area contributed by atoms with Crippen LogP contribution in [-0.2, 0) is 6.54 Å². The number of pyridine rings is 1. The van der Waals surface area contributed by atoms with E-state index in [0.717, 1.165) is 16.8 Å². The Bertz CT molecular complexity index is 716. The third kappa shape index (κ3) is 3.37. The van der Waals surface area contributed by atoms with Crippen LogP contribution in [0.15, 0.2) is 30.3 Å². The summed E-state index contributed by atoms with van der Waals surface area (Å²) < 4.78 is 0. The smallest absolute Gasteiger partial charge is 0.335 e. The second kappa shape index (κ2) is 6.06. The van der Waals surface area contributed by atoms with E-state index in [2.05, 4.69) is 16.4 Å². The van der Waals surface area contributed by atoms with Gasteiger partial charge in [-0.3, -0.25) is 0 Å². The lowest BCUT2D eigenvalue weighted by Crippen LogP contribution is -2.06. The summed E-state index contributed by atoms with van der Waals surface area (Å²) in [5, 5.41) is 21.2. The number of carbonyl (C=O) groups is 1.